The van der Waals surface area contributed by atoms with Crippen LogP contribution in [0.2, 0.25) is 0 Å². The van der Waals surface area contributed by atoms with Crippen molar-refractivity contribution in [3.8, 4) is 0 Å². The first-order valence-corrected chi connectivity index (χ1v) is 9.07. The van der Waals surface area contributed by atoms with E-state index in [9.17, 15) is 9.59 Å². The van der Waals surface area contributed by atoms with Crippen molar-refractivity contribution in [2.45, 2.75) is 69.9 Å². The third-order valence-electron chi connectivity index (χ3n) is 5.11. The van der Waals surface area contributed by atoms with Crippen molar-refractivity contribution in [1.82, 2.24) is 10.6 Å². The topological polar surface area (TPSA) is 85.9 Å². The standard InChI is InChI=1S/C17H28N2O5/c1-12(20)18-17(14-6-2-4-9-22-14)13(16(21)19-17)8-11-24-15-7-3-5-10-23-15/h13-15H,2-11H2,1H3,(H,18,20)(H,19,21). The van der Waals surface area contributed by atoms with E-state index >= 15 is 0 Å². The van der Waals surface area contributed by atoms with Crippen molar-refractivity contribution in [3.63, 3.8) is 0 Å². The lowest BCUT2D eigenvalue weighted by atomic mass is 9.75. The average molecular weight is 340 g/mol. The van der Waals surface area contributed by atoms with Gasteiger partial charge in [-0.25, -0.2) is 0 Å². The normalized spacial score (nSPS) is 36.5. The Hall–Kier alpha value is -1.18. The zero-order valence-electron chi connectivity index (χ0n) is 14.3. The van der Waals surface area contributed by atoms with Crippen LogP contribution in [-0.2, 0) is 23.8 Å². The molecular formula is C17H28N2O5. The van der Waals surface area contributed by atoms with Gasteiger partial charge in [0.15, 0.2) is 12.0 Å². The minimum absolute atomic E-state index is 0.0499. The van der Waals surface area contributed by atoms with Gasteiger partial charge in [0, 0.05) is 20.1 Å². The van der Waals surface area contributed by atoms with Crippen LogP contribution in [0.4, 0.5) is 0 Å². The van der Waals surface area contributed by atoms with Gasteiger partial charge in [-0.2, -0.15) is 0 Å². The maximum Gasteiger partial charge on any atom is 0.229 e. The van der Waals surface area contributed by atoms with Gasteiger partial charge in [-0.3, -0.25) is 9.59 Å². The van der Waals surface area contributed by atoms with E-state index in [0.717, 1.165) is 45.1 Å². The molecule has 7 nitrogen and oxygen atoms in total. The molecule has 0 aromatic heterocycles. The maximum atomic E-state index is 12.1. The molecule has 0 saturated carbocycles. The van der Waals surface area contributed by atoms with Crippen LogP contribution >= 0.6 is 0 Å². The zero-order chi connectivity index (χ0) is 17.0. The molecule has 3 rings (SSSR count). The van der Waals surface area contributed by atoms with Crippen molar-refractivity contribution in [1.29, 1.82) is 0 Å². The molecule has 136 valence electrons. The van der Waals surface area contributed by atoms with Crippen molar-refractivity contribution in [2.75, 3.05) is 19.8 Å². The van der Waals surface area contributed by atoms with E-state index in [2.05, 4.69) is 10.6 Å². The Balaban J connectivity index is 1.59. The van der Waals surface area contributed by atoms with Crippen LogP contribution < -0.4 is 10.6 Å². The molecule has 4 atom stereocenters. The SMILES string of the molecule is CC(=O)NC1(C2CCCCO2)NC(=O)C1CCOC1CCCCO1. The molecule has 0 aromatic rings. The fourth-order valence-electron chi connectivity index (χ4n) is 3.92. The Kier molecular flexibility index (Phi) is 5.73. The molecule has 3 aliphatic heterocycles. The second-order valence-electron chi connectivity index (χ2n) is 6.90. The third-order valence-corrected chi connectivity index (χ3v) is 5.11. The molecule has 0 spiro atoms. The van der Waals surface area contributed by atoms with Crippen LogP contribution in [0.5, 0.6) is 0 Å². The number of carbonyl (C=O) groups is 2. The Labute approximate surface area is 142 Å². The van der Waals surface area contributed by atoms with Crippen LogP contribution in [0.25, 0.3) is 0 Å². The predicted molar refractivity (Wildman–Crippen MR) is 85.9 cm³/mol. The van der Waals surface area contributed by atoms with Crippen LogP contribution in [-0.4, -0.2) is 49.7 Å². The first-order valence-electron chi connectivity index (χ1n) is 9.07. The highest BCUT2D eigenvalue weighted by molar-refractivity contribution is 5.90. The quantitative estimate of drug-likeness (QED) is 0.707. The molecule has 3 heterocycles. The molecule has 2 N–H and O–H groups in total. The molecule has 0 aromatic carbocycles. The number of ether oxygens (including phenoxy) is 3. The summed E-state index contributed by atoms with van der Waals surface area (Å²) in [7, 11) is 0. The summed E-state index contributed by atoms with van der Waals surface area (Å²) in [5, 5.41) is 5.86. The van der Waals surface area contributed by atoms with Gasteiger partial charge in [-0.1, -0.05) is 0 Å². The molecule has 2 amide bonds. The summed E-state index contributed by atoms with van der Waals surface area (Å²) in [5.41, 5.74) is -0.792. The molecule has 0 bridgehead atoms. The van der Waals surface area contributed by atoms with Crippen LogP contribution in [0, 0.1) is 5.92 Å². The van der Waals surface area contributed by atoms with Gasteiger partial charge in [0.05, 0.1) is 18.6 Å². The highest BCUT2D eigenvalue weighted by Gasteiger charge is 2.59. The molecule has 7 heteroatoms. The summed E-state index contributed by atoms with van der Waals surface area (Å²) in [4.78, 5) is 23.8. The number of amides is 2. The first kappa shape index (κ1) is 17.6. The van der Waals surface area contributed by atoms with Crippen molar-refractivity contribution < 1.29 is 23.8 Å². The summed E-state index contributed by atoms with van der Waals surface area (Å²) in [6.07, 6.45) is 6.20. The number of nitrogens with one attached hydrogen (secondary N) is 2. The minimum atomic E-state index is -0.792. The second kappa shape index (κ2) is 7.80. The smallest absolute Gasteiger partial charge is 0.229 e. The Morgan fingerprint density at radius 1 is 1.25 bits per heavy atom. The van der Waals surface area contributed by atoms with Gasteiger partial charge in [0.1, 0.15) is 0 Å². The fourth-order valence-corrected chi connectivity index (χ4v) is 3.92. The largest absolute Gasteiger partial charge is 0.374 e. The van der Waals surface area contributed by atoms with Gasteiger partial charge < -0.3 is 24.8 Å². The van der Waals surface area contributed by atoms with E-state index in [4.69, 9.17) is 14.2 Å². The van der Waals surface area contributed by atoms with Gasteiger partial charge in [-0.05, 0) is 44.9 Å². The summed E-state index contributed by atoms with van der Waals surface area (Å²) in [5.74, 6) is -0.537. The molecule has 3 saturated heterocycles. The summed E-state index contributed by atoms with van der Waals surface area (Å²) < 4.78 is 17.2. The number of rotatable bonds is 6. The molecule has 24 heavy (non-hydrogen) atoms. The lowest BCUT2D eigenvalue weighted by molar-refractivity contribution is -0.180. The Morgan fingerprint density at radius 3 is 2.58 bits per heavy atom. The molecule has 3 aliphatic rings. The first-order chi connectivity index (χ1) is 11.6. The van der Waals surface area contributed by atoms with E-state index in [1.54, 1.807) is 0 Å². The van der Waals surface area contributed by atoms with E-state index in [1.807, 2.05) is 0 Å². The Morgan fingerprint density at radius 2 is 2.00 bits per heavy atom. The van der Waals surface area contributed by atoms with Crippen molar-refractivity contribution in [3.05, 3.63) is 0 Å². The fraction of sp³-hybridized carbons (Fsp3) is 0.882. The van der Waals surface area contributed by atoms with E-state index in [-0.39, 0.29) is 30.1 Å². The number of β-lactam (4-membered cyclic amide) rings is 1. The summed E-state index contributed by atoms with van der Waals surface area (Å²) >= 11 is 0. The molecule has 3 fully saturated rings. The minimum Gasteiger partial charge on any atom is -0.374 e. The van der Waals surface area contributed by atoms with E-state index in [0.29, 0.717) is 19.6 Å². The number of hydrogen-bond donors (Lipinski definition) is 2. The highest BCUT2D eigenvalue weighted by atomic mass is 16.7. The van der Waals surface area contributed by atoms with Crippen LogP contribution in [0.15, 0.2) is 0 Å². The molecule has 0 aliphatic carbocycles. The molecular weight excluding hydrogens is 312 g/mol. The van der Waals surface area contributed by atoms with Crippen LogP contribution in [0.1, 0.15) is 51.9 Å². The lowest BCUT2D eigenvalue weighted by Gasteiger charge is -2.54. The predicted octanol–water partition coefficient (Wildman–Crippen LogP) is 1.07. The van der Waals surface area contributed by atoms with Crippen molar-refractivity contribution >= 4 is 11.8 Å². The number of hydrogen-bond acceptors (Lipinski definition) is 5. The maximum absolute atomic E-state index is 12.1. The average Bonchev–Trinajstić information content (AvgIpc) is 2.59. The second-order valence-corrected chi connectivity index (χ2v) is 6.90. The van der Waals surface area contributed by atoms with Gasteiger partial charge >= 0.3 is 0 Å². The van der Waals surface area contributed by atoms with Gasteiger partial charge in [-0.15, -0.1) is 0 Å². The Bertz CT molecular complexity index is 460. The van der Waals surface area contributed by atoms with Crippen molar-refractivity contribution in [2.24, 2.45) is 5.92 Å². The molecule has 4 unspecified atom stereocenters. The highest BCUT2D eigenvalue weighted by Crippen LogP contribution is 2.36. The zero-order valence-corrected chi connectivity index (χ0v) is 14.3. The van der Waals surface area contributed by atoms with Crippen LogP contribution in [0.3, 0.4) is 0 Å². The molecule has 0 radical (unpaired) electrons. The summed E-state index contributed by atoms with van der Waals surface area (Å²) in [6.45, 7) is 3.32. The third kappa shape index (κ3) is 3.73. The monoisotopic (exact) mass is 340 g/mol. The lowest BCUT2D eigenvalue weighted by Crippen LogP contribution is -2.82. The van der Waals surface area contributed by atoms with Gasteiger partial charge in [0.25, 0.3) is 0 Å². The van der Waals surface area contributed by atoms with E-state index < -0.39 is 5.66 Å². The number of carbonyl (C=O) groups excluding carboxylic acids is 2. The van der Waals surface area contributed by atoms with E-state index in [1.165, 1.54) is 6.92 Å². The summed E-state index contributed by atoms with van der Waals surface area (Å²) in [6, 6.07) is 0. The van der Waals surface area contributed by atoms with Gasteiger partial charge in [0.2, 0.25) is 11.8 Å².